The van der Waals surface area contributed by atoms with Crippen LogP contribution in [0, 0.1) is 24.0 Å². The Bertz CT molecular complexity index is 683. The normalized spacial score (nSPS) is 10.4. The first-order valence-electron chi connectivity index (χ1n) is 6.69. The van der Waals surface area contributed by atoms with E-state index in [0.29, 0.717) is 6.54 Å². The minimum atomic E-state index is -0.448. The molecule has 5 nitrogen and oxygen atoms in total. The van der Waals surface area contributed by atoms with Gasteiger partial charge in [-0.25, -0.2) is 0 Å². The van der Waals surface area contributed by atoms with Crippen molar-refractivity contribution in [3.63, 3.8) is 0 Å². The lowest BCUT2D eigenvalue weighted by Gasteiger charge is -2.22. The van der Waals surface area contributed by atoms with Crippen molar-refractivity contribution in [1.82, 2.24) is 0 Å². The van der Waals surface area contributed by atoms with Gasteiger partial charge in [-0.2, -0.15) is 0 Å². The predicted molar refractivity (Wildman–Crippen MR) is 85.5 cm³/mol. The first-order chi connectivity index (χ1) is 9.88. The van der Waals surface area contributed by atoms with Crippen LogP contribution in [0.1, 0.15) is 16.7 Å². The molecule has 0 bridgehead atoms. The fourth-order valence-corrected chi connectivity index (χ4v) is 2.44. The molecule has 0 heterocycles. The molecule has 0 unspecified atom stereocenters. The van der Waals surface area contributed by atoms with Crippen molar-refractivity contribution in [3.05, 3.63) is 63.2 Å². The second-order valence-corrected chi connectivity index (χ2v) is 5.30. The number of hydrogen-bond acceptors (Lipinski definition) is 4. The Hall–Kier alpha value is -2.56. The zero-order valence-corrected chi connectivity index (χ0v) is 12.5. The summed E-state index contributed by atoms with van der Waals surface area (Å²) in [5.74, 6) is 0. The van der Waals surface area contributed by atoms with E-state index in [-0.39, 0.29) is 11.4 Å². The smallest absolute Gasteiger partial charge is 0.292 e. The van der Waals surface area contributed by atoms with Gasteiger partial charge in [-0.3, -0.25) is 10.1 Å². The van der Waals surface area contributed by atoms with Crippen molar-refractivity contribution in [2.75, 3.05) is 17.7 Å². The lowest BCUT2D eigenvalue weighted by atomic mass is 10.1. The molecule has 2 N–H and O–H groups in total. The maximum Gasteiger partial charge on any atom is 0.292 e. The number of nitrogens with two attached hydrogens (primary N) is 1. The highest BCUT2D eigenvalue weighted by molar-refractivity contribution is 5.60. The molecule has 0 saturated heterocycles. The van der Waals surface area contributed by atoms with E-state index in [1.54, 1.807) is 6.07 Å². The average Bonchev–Trinajstić information content (AvgIpc) is 2.40. The molecule has 0 aliphatic heterocycles. The van der Waals surface area contributed by atoms with Crippen molar-refractivity contribution in [2.45, 2.75) is 20.4 Å². The lowest BCUT2D eigenvalue weighted by molar-refractivity contribution is -0.384. The maximum absolute atomic E-state index is 10.9. The fraction of sp³-hybridized carbons (Fsp3) is 0.250. The maximum atomic E-state index is 10.9. The summed E-state index contributed by atoms with van der Waals surface area (Å²) < 4.78 is 0. The van der Waals surface area contributed by atoms with E-state index in [1.165, 1.54) is 17.2 Å². The first-order valence-corrected chi connectivity index (χ1v) is 6.69. The average molecular weight is 285 g/mol. The monoisotopic (exact) mass is 285 g/mol. The van der Waals surface area contributed by atoms with Gasteiger partial charge >= 0.3 is 0 Å². The summed E-state index contributed by atoms with van der Waals surface area (Å²) in [6, 6.07) is 11.2. The summed E-state index contributed by atoms with van der Waals surface area (Å²) in [5.41, 5.74) is 10.1. The Morgan fingerprint density at radius 2 is 1.90 bits per heavy atom. The zero-order chi connectivity index (χ0) is 15.6. The molecule has 0 aromatic heterocycles. The Morgan fingerprint density at radius 1 is 1.19 bits per heavy atom. The molecule has 110 valence electrons. The number of nitro groups is 1. The second kappa shape index (κ2) is 5.83. The van der Waals surface area contributed by atoms with Gasteiger partial charge < -0.3 is 10.6 Å². The Labute approximate surface area is 124 Å². The number of benzene rings is 2. The van der Waals surface area contributed by atoms with Gasteiger partial charge in [0.1, 0.15) is 5.69 Å². The highest BCUT2D eigenvalue weighted by Crippen LogP contribution is 2.25. The van der Waals surface area contributed by atoms with Crippen LogP contribution in [0.15, 0.2) is 36.4 Å². The Kier molecular flexibility index (Phi) is 4.12. The molecule has 0 aliphatic rings. The molecule has 0 spiro atoms. The fourth-order valence-electron chi connectivity index (χ4n) is 2.44. The summed E-state index contributed by atoms with van der Waals surface area (Å²) >= 11 is 0. The third kappa shape index (κ3) is 3.31. The molecule has 0 radical (unpaired) electrons. The minimum Gasteiger partial charge on any atom is -0.393 e. The number of hydrogen-bond donors (Lipinski definition) is 1. The van der Waals surface area contributed by atoms with Gasteiger partial charge in [-0.15, -0.1) is 0 Å². The third-order valence-corrected chi connectivity index (χ3v) is 3.47. The van der Waals surface area contributed by atoms with Crippen LogP contribution in [-0.4, -0.2) is 12.0 Å². The molecule has 0 fully saturated rings. The highest BCUT2D eigenvalue weighted by Gasteiger charge is 2.13. The van der Waals surface area contributed by atoms with Crippen molar-refractivity contribution in [2.24, 2.45) is 0 Å². The van der Waals surface area contributed by atoms with Crippen molar-refractivity contribution in [3.8, 4) is 0 Å². The predicted octanol–water partition coefficient (Wildman–Crippen LogP) is 3.43. The van der Waals surface area contributed by atoms with E-state index < -0.39 is 4.92 Å². The number of nitro benzene ring substituents is 1. The molecule has 0 aliphatic carbocycles. The van der Waals surface area contributed by atoms with Crippen LogP contribution in [0.2, 0.25) is 0 Å². The van der Waals surface area contributed by atoms with Crippen LogP contribution < -0.4 is 10.6 Å². The van der Waals surface area contributed by atoms with Crippen molar-refractivity contribution >= 4 is 17.1 Å². The van der Waals surface area contributed by atoms with E-state index in [0.717, 1.165) is 11.3 Å². The number of aryl methyl sites for hydroxylation is 2. The van der Waals surface area contributed by atoms with Crippen LogP contribution in [0.3, 0.4) is 0 Å². The van der Waals surface area contributed by atoms with Crippen molar-refractivity contribution in [1.29, 1.82) is 0 Å². The van der Waals surface area contributed by atoms with Gasteiger partial charge in [0.15, 0.2) is 0 Å². The largest absolute Gasteiger partial charge is 0.393 e. The number of nitrogen functional groups attached to an aromatic ring is 1. The standard InChI is InChI=1S/C16H19N3O2/c1-11-4-7-15(12(2)8-11)18(3)10-13-5-6-14(17)16(9-13)19(20)21/h4-9H,10,17H2,1-3H3. The SMILES string of the molecule is Cc1ccc(N(C)Cc2ccc(N)c([N+](=O)[O-])c2)c(C)c1. The van der Waals surface area contributed by atoms with Gasteiger partial charge in [-0.1, -0.05) is 23.8 Å². The molecule has 0 saturated carbocycles. The second-order valence-electron chi connectivity index (χ2n) is 5.30. The molecule has 2 aromatic rings. The summed E-state index contributed by atoms with van der Waals surface area (Å²) in [7, 11) is 1.97. The van der Waals surface area contributed by atoms with Gasteiger partial charge in [-0.05, 0) is 37.1 Å². The van der Waals surface area contributed by atoms with Crippen LogP contribution >= 0.6 is 0 Å². The molecular weight excluding hydrogens is 266 g/mol. The number of anilines is 2. The summed E-state index contributed by atoms with van der Waals surface area (Å²) in [6.07, 6.45) is 0. The minimum absolute atomic E-state index is 0.0403. The van der Waals surface area contributed by atoms with Crippen LogP contribution in [0.4, 0.5) is 17.1 Å². The zero-order valence-electron chi connectivity index (χ0n) is 12.5. The molecule has 2 rings (SSSR count). The summed E-state index contributed by atoms with van der Waals surface area (Å²) in [5, 5.41) is 10.9. The number of rotatable bonds is 4. The summed E-state index contributed by atoms with van der Waals surface area (Å²) in [4.78, 5) is 12.6. The van der Waals surface area contributed by atoms with E-state index in [4.69, 9.17) is 5.73 Å². The van der Waals surface area contributed by atoms with Gasteiger partial charge in [0, 0.05) is 25.3 Å². The topological polar surface area (TPSA) is 72.4 Å². The van der Waals surface area contributed by atoms with Gasteiger partial charge in [0.2, 0.25) is 0 Å². The van der Waals surface area contributed by atoms with Crippen LogP contribution in [-0.2, 0) is 6.54 Å². The van der Waals surface area contributed by atoms with Crippen molar-refractivity contribution < 1.29 is 4.92 Å². The molecule has 5 heteroatoms. The Morgan fingerprint density at radius 3 is 2.52 bits per heavy atom. The molecule has 0 amide bonds. The van der Waals surface area contributed by atoms with E-state index >= 15 is 0 Å². The summed E-state index contributed by atoms with van der Waals surface area (Å²) in [6.45, 7) is 4.70. The molecule has 21 heavy (non-hydrogen) atoms. The highest BCUT2D eigenvalue weighted by atomic mass is 16.6. The first kappa shape index (κ1) is 14.8. The van der Waals surface area contributed by atoms with Crippen LogP contribution in [0.25, 0.3) is 0 Å². The van der Waals surface area contributed by atoms with Gasteiger partial charge in [0.05, 0.1) is 4.92 Å². The van der Waals surface area contributed by atoms with E-state index in [9.17, 15) is 10.1 Å². The molecular formula is C16H19N3O2. The molecule has 0 atom stereocenters. The van der Waals surface area contributed by atoms with E-state index in [1.807, 2.05) is 13.1 Å². The number of nitrogens with zero attached hydrogens (tertiary/aromatic N) is 2. The van der Waals surface area contributed by atoms with Gasteiger partial charge in [0.25, 0.3) is 5.69 Å². The Balaban J connectivity index is 2.25. The third-order valence-electron chi connectivity index (χ3n) is 3.47. The molecule has 2 aromatic carbocycles. The van der Waals surface area contributed by atoms with E-state index in [2.05, 4.69) is 36.9 Å². The quantitative estimate of drug-likeness (QED) is 0.530. The lowest BCUT2D eigenvalue weighted by Crippen LogP contribution is -2.17. The van der Waals surface area contributed by atoms with Crippen LogP contribution in [0.5, 0.6) is 0 Å².